The first kappa shape index (κ1) is 78.4. The molecule has 0 saturated carbocycles. The normalized spacial score (nSPS) is 12.7. The van der Waals surface area contributed by atoms with Crippen molar-refractivity contribution in [1.82, 2.24) is 0 Å². The van der Waals surface area contributed by atoms with E-state index in [4.69, 9.17) is 14.2 Å². The van der Waals surface area contributed by atoms with E-state index in [2.05, 4.69) is 34.6 Å². The quantitative estimate of drug-likeness (QED) is 0.0343. The van der Waals surface area contributed by atoms with E-state index in [-0.39, 0.29) is 31.1 Å². The van der Waals surface area contributed by atoms with Gasteiger partial charge >= 0.3 is 17.9 Å². The number of hydrogen-bond donors (Lipinski definition) is 0. The lowest BCUT2D eigenvalue weighted by molar-refractivity contribution is -0.167. The fraction of sp³-hybridized carbons (Fsp3) is 0.959. The van der Waals surface area contributed by atoms with Crippen molar-refractivity contribution >= 4 is 17.9 Å². The van der Waals surface area contributed by atoms with E-state index in [9.17, 15) is 14.4 Å². The molecule has 0 bridgehead atoms. The molecule has 80 heavy (non-hydrogen) atoms. The van der Waals surface area contributed by atoms with Crippen LogP contribution in [-0.4, -0.2) is 37.2 Å². The summed E-state index contributed by atoms with van der Waals surface area (Å²) in [5.74, 6) is 0.999. The molecule has 6 heteroatoms. The molecular weight excluding hydrogens is 985 g/mol. The van der Waals surface area contributed by atoms with Crippen LogP contribution >= 0.6 is 0 Å². The van der Waals surface area contributed by atoms with Gasteiger partial charge < -0.3 is 14.2 Å². The molecule has 0 spiro atoms. The van der Waals surface area contributed by atoms with Gasteiger partial charge in [0.05, 0.1) is 0 Å². The zero-order valence-electron chi connectivity index (χ0n) is 55.2. The summed E-state index contributed by atoms with van der Waals surface area (Å²) >= 11 is 0. The molecule has 0 aromatic rings. The summed E-state index contributed by atoms with van der Waals surface area (Å²) in [4.78, 5) is 38.5. The second kappa shape index (κ2) is 66.5. The number of hydrogen-bond acceptors (Lipinski definition) is 6. The molecule has 0 aliphatic rings. The van der Waals surface area contributed by atoms with Crippen LogP contribution < -0.4 is 0 Å². The molecule has 0 rings (SSSR count). The van der Waals surface area contributed by atoms with Crippen molar-refractivity contribution in [1.29, 1.82) is 0 Å². The summed E-state index contributed by atoms with van der Waals surface area (Å²) < 4.78 is 17.1. The van der Waals surface area contributed by atoms with E-state index >= 15 is 0 Å². The molecule has 0 saturated heterocycles. The van der Waals surface area contributed by atoms with Gasteiger partial charge in [0, 0.05) is 19.3 Å². The first-order valence-electron chi connectivity index (χ1n) is 36.8. The molecular formula is C74H144O6. The summed E-state index contributed by atoms with van der Waals surface area (Å²) in [5, 5.41) is 0. The molecule has 0 aliphatic heterocycles. The van der Waals surface area contributed by atoms with Crippen LogP contribution in [0, 0.1) is 11.8 Å². The van der Waals surface area contributed by atoms with Gasteiger partial charge in [0.15, 0.2) is 6.10 Å². The third kappa shape index (κ3) is 64.0. The minimum absolute atomic E-state index is 0.0609. The largest absolute Gasteiger partial charge is 0.462 e. The Kier molecular flexibility index (Phi) is 65.2. The van der Waals surface area contributed by atoms with Gasteiger partial charge in [-0.25, -0.2) is 0 Å². The molecule has 0 heterocycles. The number of esters is 3. The lowest BCUT2D eigenvalue weighted by Crippen LogP contribution is -2.30. The molecule has 0 radical (unpaired) electrons. The van der Waals surface area contributed by atoms with E-state index in [1.54, 1.807) is 0 Å². The Bertz CT molecular complexity index is 1240. The van der Waals surface area contributed by atoms with Crippen LogP contribution in [0.5, 0.6) is 0 Å². The van der Waals surface area contributed by atoms with Crippen molar-refractivity contribution in [3.05, 3.63) is 0 Å². The topological polar surface area (TPSA) is 78.9 Å². The predicted molar refractivity (Wildman–Crippen MR) is 349 cm³/mol. The van der Waals surface area contributed by atoms with Gasteiger partial charge in [0.2, 0.25) is 0 Å². The average molecular weight is 1130 g/mol. The summed E-state index contributed by atoms with van der Waals surface area (Å²) in [5.41, 5.74) is 0. The van der Waals surface area contributed by atoms with E-state index in [0.717, 1.165) is 69.6 Å². The van der Waals surface area contributed by atoms with Crippen molar-refractivity contribution in [2.24, 2.45) is 11.8 Å². The van der Waals surface area contributed by atoms with Crippen molar-refractivity contribution in [3.8, 4) is 0 Å². The number of rotatable bonds is 68. The highest BCUT2D eigenvalue weighted by atomic mass is 16.6. The molecule has 0 aromatic carbocycles. The van der Waals surface area contributed by atoms with Crippen LogP contribution in [0.1, 0.15) is 426 Å². The number of carbonyl (C=O) groups excluding carboxylic acids is 3. The van der Waals surface area contributed by atoms with Gasteiger partial charge in [-0.3, -0.25) is 14.4 Å². The first-order chi connectivity index (χ1) is 39.3. The Balaban J connectivity index is 4.27. The SMILES string of the molecule is CCCCCCCCCCCCCCCCCCCCC(=O)OC[C@H](COC(=O)CCCCCCCCCCCCCCCCCCCCC(C)CC)OC(=O)CCCCCCCCCCCCCCCCCCCCC(C)CC. The molecule has 0 fully saturated rings. The third-order valence-corrected chi connectivity index (χ3v) is 17.9. The maximum Gasteiger partial charge on any atom is 0.306 e. The molecule has 476 valence electrons. The predicted octanol–water partition coefficient (Wildman–Crippen LogP) is 25.1. The number of ether oxygens (including phenoxy) is 3. The first-order valence-corrected chi connectivity index (χ1v) is 36.8. The van der Waals surface area contributed by atoms with Crippen molar-refractivity contribution < 1.29 is 28.6 Å². The van der Waals surface area contributed by atoms with E-state index in [0.29, 0.717) is 19.3 Å². The van der Waals surface area contributed by atoms with Crippen LogP contribution in [0.15, 0.2) is 0 Å². The summed E-state index contributed by atoms with van der Waals surface area (Å²) in [6.07, 6.45) is 76.8. The fourth-order valence-corrected chi connectivity index (χ4v) is 11.6. The summed E-state index contributed by atoms with van der Waals surface area (Å²) in [6.45, 7) is 11.6. The van der Waals surface area contributed by atoms with Gasteiger partial charge in [-0.15, -0.1) is 0 Å². The van der Waals surface area contributed by atoms with Crippen LogP contribution in [0.2, 0.25) is 0 Å². The molecule has 0 amide bonds. The van der Waals surface area contributed by atoms with Crippen LogP contribution in [0.3, 0.4) is 0 Å². The highest BCUT2D eigenvalue weighted by Crippen LogP contribution is 2.21. The maximum atomic E-state index is 13.0. The molecule has 0 N–H and O–H groups in total. The zero-order chi connectivity index (χ0) is 58.1. The van der Waals surface area contributed by atoms with Gasteiger partial charge in [-0.2, -0.15) is 0 Å². The Labute approximate surface area is 501 Å². The zero-order valence-corrected chi connectivity index (χ0v) is 55.2. The van der Waals surface area contributed by atoms with E-state index in [1.807, 2.05) is 0 Å². The Morgan fingerprint density at radius 1 is 0.250 bits per heavy atom. The standard InChI is InChI=1S/C74H144O6/c1-6-9-10-11-12-13-14-15-16-17-24-29-34-39-44-49-54-59-64-72(75)78-67-71(80-74(77)66-61-56-51-46-41-36-31-26-21-19-23-28-33-38-43-48-53-58-63-70(5)8-3)68-79-73(76)65-60-55-50-45-40-35-30-25-20-18-22-27-32-37-42-47-52-57-62-69(4)7-2/h69-71H,6-68H2,1-5H3/t69?,70?,71-/m1/s1. The van der Waals surface area contributed by atoms with E-state index < -0.39 is 6.10 Å². The lowest BCUT2D eigenvalue weighted by atomic mass is 9.99. The molecule has 6 nitrogen and oxygen atoms in total. The lowest BCUT2D eigenvalue weighted by Gasteiger charge is -2.18. The Hall–Kier alpha value is -1.59. The molecule has 2 unspecified atom stereocenters. The number of carbonyl (C=O) groups is 3. The highest BCUT2D eigenvalue weighted by molar-refractivity contribution is 5.71. The minimum Gasteiger partial charge on any atom is -0.462 e. The monoisotopic (exact) mass is 1130 g/mol. The highest BCUT2D eigenvalue weighted by Gasteiger charge is 2.20. The van der Waals surface area contributed by atoms with Gasteiger partial charge in [0.1, 0.15) is 13.2 Å². The van der Waals surface area contributed by atoms with Crippen LogP contribution in [0.25, 0.3) is 0 Å². The molecule has 3 atom stereocenters. The molecule has 0 aromatic heterocycles. The van der Waals surface area contributed by atoms with Gasteiger partial charge in [-0.05, 0) is 31.1 Å². The van der Waals surface area contributed by atoms with Crippen LogP contribution in [-0.2, 0) is 28.6 Å². The fourth-order valence-electron chi connectivity index (χ4n) is 11.6. The van der Waals surface area contributed by atoms with Crippen molar-refractivity contribution in [2.75, 3.05) is 13.2 Å². The maximum absolute atomic E-state index is 13.0. The van der Waals surface area contributed by atoms with Gasteiger partial charge in [0.25, 0.3) is 0 Å². The smallest absolute Gasteiger partial charge is 0.306 e. The van der Waals surface area contributed by atoms with Crippen LogP contribution in [0.4, 0.5) is 0 Å². The second-order valence-corrected chi connectivity index (χ2v) is 26.1. The number of unbranched alkanes of at least 4 members (excludes halogenated alkanes) is 51. The molecule has 0 aliphatic carbocycles. The summed E-state index contributed by atoms with van der Waals surface area (Å²) in [7, 11) is 0. The summed E-state index contributed by atoms with van der Waals surface area (Å²) in [6, 6.07) is 0. The Morgan fingerprint density at radius 2 is 0.438 bits per heavy atom. The minimum atomic E-state index is -0.765. The average Bonchev–Trinajstić information content (AvgIpc) is 3.46. The van der Waals surface area contributed by atoms with E-state index in [1.165, 1.54) is 315 Å². The second-order valence-electron chi connectivity index (χ2n) is 26.1. The van der Waals surface area contributed by atoms with Gasteiger partial charge in [-0.1, -0.05) is 388 Å². The van der Waals surface area contributed by atoms with Crippen molar-refractivity contribution in [2.45, 2.75) is 432 Å². The third-order valence-electron chi connectivity index (χ3n) is 17.9. The Morgan fingerprint density at radius 3 is 0.650 bits per heavy atom. The van der Waals surface area contributed by atoms with Crippen molar-refractivity contribution in [3.63, 3.8) is 0 Å².